The van der Waals surface area contributed by atoms with Gasteiger partial charge in [-0.05, 0) is 84.8 Å². The predicted molar refractivity (Wildman–Crippen MR) is 150 cm³/mol. The standard InChI is InChI=1S/C30H25FN2O5S/c1-18-3-13-23-24(17-18)32-26(20-7-9-21(31)10-8-20)28(27(23)34)38-16-2-15-37-22-11-4-19(5-12-22)6-14-25-29(35)33-30(36)39-25/h3-5,7-14,17H,2,6,15-16H2,1H3,(H,32,34)(H,33,35,36). The summed E-state index contributed by atoms with van der Waals surface area (Å²) < 4.78 is 25.3. The van der Waals surface area contributed by atoms with Gasteiger partial charge in [0.25, 0.3) is 11.1 Å². The number of hydrogen-bond acceptors (Lipinski definition) is 6. The van der Waals surface area contributed by atoms with E-state index in [0.29, 0.717) is 52.3 Å². The highest BCUT2D eigenvalue weighted by molar-refractivity contribution is 8.18. The Labute approximate surface area is 228 Å². The van der Waals surface area contributed by atoms with Crippen LogP contribution in [0.2, 0.25) is 0 Å². The second kappa shape index (κ2) is 11.6. The highest BCUT2D eigenvalue weighted by Crippen LogP contribution is 2.29. The van der Waals surface area contributed by atoms with Crippen molar-refractivity contribution in [3.63, 3.8) is 0 Å². The Hall–Kier alpha value is -4.37. The van der Waals surface area contributed by atoms with Crippen LogP contribution < -0.4 is 20.2 Å². The molecule has 0 radical (unpaired) electrons. The Morgan fingerprint density at radius 2 is 1.67 bits per heavy atom. The van der Waals surface area contributed by atoms with E-state index in [9.17, 15) is 18.8 Å². The number of nitrogens with one attached hydrogen (secondary N) is 2. The lowest BCUT2D eigenvalue weighted by Crippen LogP contribution is -2.17. The lowest BCUT2D eigenvalue weighted by molar-refractivity contribution is -0.115. The Morgan fingerprint density at radius 3 is 2.38 bits per heavy atom. The van der Waals surface area contributed by atoms with Crippen LogP contribution in [0.1, 0.15) is 17.5 Å². The number of H-pyrrole nitrogens is 1. The Morgan fingerprint density at radius 1 is 0.923 bits per heavy atom. The van der Waals surface area contributed by atoms with Gasteiger partial charge in [-0.25, -0.2) is 4.39 Å². The first-order chi connectivity index (χ1) is 18.9. The zero-order chi connectivity index (χ0) is 27.4. The number of imide groups is 1. The number of ether oxygens (including phenoxy) is 2. The van der Waals surface area contributed by atoms with Crippen molar-refractivity contribution in [2.75, 3.05) is 13.2 Å². The van der Waals surface area contributed by atoms with Crippen LogP contribution in [0.3, 0.4) is 0 Å². The zero-order valence-electron chi connectivity index (χ0n) is 21.1. The van der Waals surface area contributed by atoms with Crippen molar-refractivity contribution in [3.8, 4) is 22.8 Å². The fraction of sp³-hybridized carbons (Fsp3) is 0.167. The van der Waals surface area contributed by atoms with Crippen molar-refractivity contribution < 1.29 is 23.5 Å². The van der Waals surface area contributed by atoms with Crippen LogP contribution >= 0.6 is 11.8 Å². The number of allylic oxidation sites excluding steroid dienone is 1. The zero-order valence-corrected chi connectivity index (χ0v) is 21.9. The second-order valence-corrected chi connectivity index (χ2v) is 10.0. The molecule has 1 saturated heterocycles. The van der Waals surface area contributed by atoms with Crippen LogP contribution in [0.5, 0.6) is 11.5 Å². The quantitative estimate of drug-likeness (QED) is 0.201. The number of carbonyl (C=O) groups excluding carboxylic acids is 2. The molecule has 39 heavy (non-hydrogen) atoms. The monoisotopic (exact) mass is 544 g/mol. The van der Waals surface area contributed by atoms with Gasteiger partial charge in [0, 0.05) is 17.4 Å². The van der Waals surface area contributed by atoms with Crippen molar-refractivity contribution in [2.45, 2.75) is 19.8 Å². The second-order valence-electron chi connectivity index (χ2n) is 9.02. The number of benzene rings is 3. The molecular formula is C30H25FN2O5S. The summed E-state index contributed by atoms with van der Waals surface area (Å²) in [6.07, 6.45) is 2.78. The first kappa shape index (κ1) is 26.2. The Kier molecular flexibility index (Phi) is 7.79. The van der Waals surface area contributed by atoms with E-state index in [1.54, 1.807) is 24.3 Å². The van der Waals surface area contributed by atoms with Gasteiger partial charge in [0.15, 0.2) is 5.75 Å². The van der Waals surface area contributed by atoms with Crippen LogP contribution in [0, 0.1) is 12.7 Å². The van der Waals surface area contributed by atoms with E-state index in [0.717, 1.165) is 22.9 Å². The van der Waals surface area contributed by atoms with Crippen molar-refractivity contribution in [1.82, 2.24) is 10.3 Å². The first-order valence-corrected chi connectivity index (χ1v) is 13.2. The normalized spacial score (nSPS) is 14.2. The van der Waals surface area contributed by atoms with Crippen molar-refractivity contribution >= 4 is 33.8 Å². The van der Waals surface area contributed by atoms with E-state index >= 15 is 0 Å². The highest BCUT2D eigenvalue weighted by Gasteiger charge is 2.24. The van der Waals surface area contributed by atoms with Gasteiger partial charge in [0.1, 0.15) is 11.6 Å². The molecule has 7 nitrogen and oxygen atoms in total. The van der Waals surface area contributed by atoms with Gasteiger partial charge >= 0.3 is 0 Å². The molecule has 3 aromatic carbocycles. The summed E-state index contributed by atoms with van der Waals surface area (Å²) in [5, 5.41) is 2.40. The van der Waals surface area contributed by atoms with E-state index in [4.69, 9.17) is 9.47 Å². The molecule has 4 aromatic rings. The Balaban J connectivity index is 1.21. The smallest absolute Gasteiger partial charge is 0.290 e. The lowest BCUT2D eigenvalue weighted by atomic mass is 10.1. The molecule has 0 bridgehead atoms. The number of carbonyl (C=O) groups is 2. The summed E-state index contributed by atoms with van der Waals surface area (Å²) in [6, 6.07) is 18.9. The molecule has 9 heteroatoms. The molecule has 5 rings (SSSR count). The number of rotatable bonds is 9. The number of halogens is 1. The van der Waals surface area contributed by atoms with Crippen LogP contribution in [0.4, 0.5) is 9.18 Å². The minimum absolute atomic E-state index is 0.187. The molecule has 198 valence electrons. The molecule has 0 atom stereocenters. The third kappa shape index (κ3) is 6.21. The number of hydrogen-bond donors (Lipinski definition) is 2. The third-order valence-electron chi connectivity index (χ3n) is 6.14. The molecule has 2 heterocycles. The van der Waals surface area contributed by atoms with Crippen molar-refractivity contribution in [3.05, 3.63) is 105 Å². The topological polar surface area (TPSA) is 97.5 Å². The lowest BCUT2D eigenvalue weighted by Gasteiger charge is -2.14. The maximum Gasteiger partial charge on any atom is 0.290 e. The molecule has 0 unspecified atom stereocenters. The average Bonchev–Trinajstić information content (AvgIpc) is 3.25. The summed E-state index contributed by atoms with van der Waals surface area (Å²) in [6.45, 7) is 2.57. The third-order valence-corrected chi connectivity index (χ3v) is 7.00. The number of fused-ring (bicyclic) bond motifs is 1. The molecule has 2 N–H and O–H groups in total. The van der Waals surface area contributed by atoms with Crippen LogP contribution in [-0.4, -0.2) is 29.3 Å². The van der Waals surface area contributed by atoms with E-state index in [-0.39, 0.29) is 34.7 Å². The first-order valence-electron chi connectivity index (χ1n) is 12.4. The summed E-state index contributed by atoms with van der Waals surface area (Å²) >= 11 is 0.900. The van der Waals surface area contributed by atoms with E-state index in [1.165, 1.54) is 12.1 Å². The molecule has 1 aliphatic rings. The summed E-state index contributed by atoms with van der Waals surface area (Å²) in [4.78, 5) is 39.9. The summed E-state index contributed by atoms with van der Waals surface area (Å²) in [5.41, 5.74) is 3.60. The molecule has 2 amide bonds. The molecule has 1 aromatic heterocycles. The van der Waals surface area contributed by atoms with Gasteiger partial charge in [0.2, 0.25) is 5.43 Å². The SMILES string of the molecule is Cc1ccc2c(=O)c(OCCCOc3ccc(CC=C4SC(=O)NC4=O)cc3)c(-c3ccc(F)cc3)[nH]c2c1. The van der Waals surface area contributed by atoms with Gasteiger partial charge < -0.3 is 14.5 Å². The fourth-order valence-corrected chi connectivity index (χ4v) is 4.81. The van der Waals surface area contributed by atoms with Gasteiger partial charge in [-0.3, -0.25) is 19.7 Å². The number of aromatic nitrogens is 1. The van der Waals surface area contributed by atoms with Crippen LogP contribution in [0.25, 0.3) is 22.2 Å². The van der Waals surface area contributed by atoms with Gasteiger partial charge in [0.05, 0.1) is 29.3 Å². The van der Waals surface area contributed by atoms with Crippen molar-refractivity contribution in [1.29, 1.82) is 0 Å². The minimum Gasteiger partial charge on any atom is -0.493 e. The van der Waals surface area contributed by atoms with Gasteiger partial charge in [-0.1, -0.05) is 24.3 Å². The Bertz CT molecular complexity index is 1630. The minimum atomic E-state index is -0.363. The average molecular weight is 545 g/mol. The molecule has 1 fully saturated rings. The molecule has 0 aliphatic carbocycles. The van der Waals surface area contributed by atoms with Crippen molar-refractivity contribution in [2.24, 2.45) is 0 Å². The highest BCUT2D eigenvalue weighted by atomic mass is 32.2. The largest absolute Gasteiger partial charge is 0.493 e. The maximum absolute atomic E-state index is 13.5. The number of thioether (sulfide) groups is 1. The molecular weight excluding hydrogens is 519 g/mol. The fourth-order valence-electron chi connectivity index (χ4n) is 4.16. The molecule has 0 spiro atoms. The van der Waals surface area contributed by atoms with Gasteiger partial charge in [-0.15, -0.1) is 0 Å². The van der Waals surface area contributed by atoms with E-state index < -0.39 is 0 Å². The van der Waals surface area contributed by atoms with Crippen LogP contribution in [-0.2, 0) is 11.2 Å². The number of aromatic amines is 1. The maximum atomic E-state index is 13.5. The van der Waals surface area contributed by atoms with Gasteiger partial charge in [-0.2, -0.15) is 0 Å². The predicted octanol–water partition coefficient (Wildman–Crippen LogP) is 5.90. The van der Waals surface area contributed by atoms with Crippen LogP contribution in [0.15, 0.2) is 82.5 Å². The van der Waals surface area contributed by atoms with E-state index in [1.807, 2.05) is 43.3 Å². The summed E-state index contributed by atoms with van der Waals surface area (Å²) in [7, 11) is 0. The molecule has 1 aliphatic heterocycles. The number of pyridine rings is 1. The molecule has 0 saturated carbocycles. The summed E-state index contributed by atoms with van der Waals surface area (Å²) in [5.74, 6) is 0.143. The number of aryl methyl sites for hydroxylation is 1. The van der Waals surface area contributed by atoms with E-state index in [2.05, 4.69) is 10.3 Å². The number of amides is 2.